The van der Waals surface area contributed by atoms with E-state index in [1.165, 1.54) is 44.2 Å². The average Bonchev–Trinajstić information content (AvgIpc) is 3.85. The summed E-state index contributed by atoms with van der Waals surface area (Å²) in [4.78, 5) is 29.9. The number of rotatable bonds is 5. The van der Waals surface area contributed by atoms with Gasteiger partial charge in [0.05, 0.1) is 17.2 Å². The number of likely N-dealkylation sites (tertiary alicyclic amines) is 1. The van der Waals surface area contributed by atoms with Crippen molar-refractivity contribution in [2.45, 2.75) is 151 Å². The van der Waals surface area contributed by atoms with Gasteiger partial charge in [-0.2, -0.15) is 0 Å². The molecule has 286 valence electrons. The second-order valence-corrected chi connectivity index (χ2v) is 20.3. The van der Waals surface area contributed by atoms with E-state index in [0.717, 1.165) is 62.8 Å². The predicted molar refractivity (Wildman–Crippen MR) is 204 cm³/mol. The van der Waals surface area contributed by atoms with E-state index >= 15 is 4.79 Å². The first kappa shape index (κ1) is 36.4. The molecular weight excluding hydrogens is 650 g/mol. The van der Waals surface area contributed by atoms with E-state index in [0.29, 0.717) is 41.4 Å². The highest BCUT2D eigenvalue weighted by Crippen LogP contribution is 2.78. The zero-order valence-electron chi connectivity index (χ0n) is 33.3. The van der Waals surface area contributed by atoms with Gasteiger partial charge in [0.2, 0.25) is 5.91 Å². The molecule has 1 saturated heterocycles. The fraction of sp³-hybridized carbons (Fsp3) is 0.778. The molecular formula is C45H66FN3O3. The molecule has 7 aliphatic rings. The SMILES string of the molecule is CC(=O)O[C@H]1CC[C@]2(C)[C@H]3CC[C@@H]4[C@H]5[C@H](C(C)C)CC[C@]5(C(=O)N5CCCC5C5NC=C(c6ccc(F)cc6)N5)CC[C@@]4(C)[C@]3(C)CC[C@H]2C1(C)C. The molecule has 2 N–H and O–H groups in total. The van der Waals surface area contributed by atoms with Crippen LogP contribution in [-0.4, -0.2) is 41.6 Å². The van der Waals surface area contributed by atoms with E-state index in [1.54, 1.807) is 6.92 Å². The Hall–Kier alpha value is -2.57. The van der Waals surface area contributed by atoms with Crippen molar-refractivity contribution in [2.75, 3.05) is 6.54 Å². The minimum absolute atomic E-state index is 0.000262. The van der Waals surface area contributed by atoms with Crippen molar-refractivity contribution >= 4 is 17.6 Å². The van der Waals surface area contributed by atoms with Crippen LogP contribution in [0.1, 0.15) is 138 Å². The smallest absolute Gasteiger partial charge is 0.302 e. The van der Waals surface area contributed by atoms with Crippen LogP contribution in [-0.2, 0) is 14.3 Å². The van der Waals surface area contributed by atoms with E-state index in [-0.39, 0.29) is 57.2 Å². The van der Waals surface area contributed by atoms with Crippen LogP contribution < -0.4 is 10.6 Å². The number of benzene rings is 1. The first-order valence-corrected chi connectivity index (χ1v) is 21.0. The van der Waals surface area contributed by atoms with Crippen molar-refractivity contribution in [3.05, 3.63) is 41.8 Å². The third-order valence-electron chi connectivity index (χ3n) is 17.8. The van der Waals surface area contributed by atoms with E-state index in [9.17, 15) is 9.18 Å². The Labute approximate surface area is 312 Å². The molecule has 1 aromatic rings. The summed E-state index contributed by atoms with van der Waals surface area (Å²) in [6.07, 6.45) is 15.4. The summed E-state index contributed by atoms with van der Waals surface area (Å²) in [5, 5.41) is 7.26. The molecule has 2 heterocycles. The quantitative estimate of drug-likeness (QED) is 0.298. The van der Waals surface area contributed by atoms with E-state index in [4.69, 9.17) is 4.74 Å². The summed E-state index contributed by atoms with van der Waals surface area (Å²) in [7, 11) is 0. The van der Waals surface area contributed by atoms with Gasteiger partial charge in [0.1, 0.15) is 18.1 Å². The van der Waals surface area contributed by atoms with Gasteiger partial charge < -0.3 is 20.3 Å². The standard InChI is InChI=1S/C45H66FN3O3/c1-27(2)31-17-22-45(40(51)49-25-9-10-34(49)39-47-26-33(48-39)29-11-13-30(46)14-12-29)24-23-43(7)32(38(31)45)15-16-36-42(6)20-19-37(52-28(3)50)41(4,5)35(42)18-21-44(36,43)8/h11-14,26-27,31-32,34-39,47-48H,9-10,15-25H2,1-8H3/t31-,32+,34?,35-,36+,37-,38+,39?,42-,43+,44+,45-/m0/s1. The van der Waals surface area contributed by atoms with Crippen molar-refractivity contribution in [3.8, 4) is 0 Å². The van der Waals surface area contributed by atoms with E-state index in [2.05, 4.69) is 64.0 Å². The highest BCUT2D eigenvalue weighted by atomic mass is 19.1. The number of ether oxygens (including phenoxy) is 1. The van der Waals surface area contributed by atoms with Crippen LogP contribution in [0.5, 0.6) is 0 Å². The highest BCUT2D eigenvalue weighted by Gasteiger charge is 2.72. The molecule has 2 unspecified atom stereocenters. The van der Waals surface area contributed by atoms with Crippen molar-refractivity contribution < 1.29 is 18.7 Å². The third kappa shape index (κ3) is 5.11. The Bertz CT molecular complexity index is 1610. The van der Waals surface area contributed by atoms with Gasteiger partial charge >= 0.3 is 5.97 Å². The molecule has 2 aliphatic heterocycles. The molecule has 0 aromatic heterocycles. The van der Waals surface area contributed by atoms with Gasteiger partial charge in [-0.05, 0) is 159 Å². The van der Waals surface area contributed by atoms with Gasteiger partial charge in [-0.3, -0.25) is 9.59 Å². The van der Waals surface area contributed by atoms with Crippen LogP contribution in [0.15, 0.2) is 30.5 Å². The Morgan fingerprint density at radius 2 is 1.62 bits per heavy atom. The number of hydrogen-bond donors (Lipinski definition) is 2. The van der Waals surface area contributed by atoms with Gasteiger partial charge in [0.15, 0.2) is 0 Å². The molecule has 1 amide bonds. The lowest BCUT2D eigenvalue weighted by Crippen LogP contribution is -2.68. The van der Waals surface area contributed by atoms with Crippen molar-refractivity contribution in [1.82, 2.24) is 15.5 Å². The Morgan fingerprint density at radius 3 is 2.33 bits per heavy atom. The Kier molecular flexibility index (Phi) is 8.74. The van der Waals surface area contributed by atoms with Crippen LogP contribution in [0, 0.1) is 68.4 Å². The van der Waals surface area contributed by atoms with Crippen LogP contribution in [0.2, 0.25) is 0 Å². The van der Waals surface area contributed by atoms with Crippen LogP contribution in [0.4, 0.5) is 4.39 Å². The maximum atomic E-state index is 15.5. The Morgan fingerprint density at radius 1 is 0.865 bits per heavy atom. The maximum Gasteiger partial charge on any atom is 0.302 e. The lowest BCUT2D eigenvalue weighted by Gasteiger charge is -2.73. The van der Waals surface area contributed by atoms with Gasteiger partial charge in [0, 0.05) is 25.1 Å². The Balaban J connectivity index is 1.07. The predicted octanol–water partition coefficient (Wildman–Crippen LogP) is 9.30. The molecule has 12 atom stereocenters. The molecule has 1 aromatic carbocycles. The lowest BCUT2D eigenvalue weighted by atomic mass is 9.32. The summed E-state index contributed by atoms with van der Waals surface area (Å²) in [5.41, 5.74) is 2.25. The molecule has 0 bridgehead atoms. The third-order valence-corrected chi connectivity index (χ3v) is 17.8. The minimum atomic E-state index is -0.276. The molecule has 5 saturated carbocycles. The van der Waals surface area contributed by atoms with Gasteiger partial charge in [-0.1, -0.05) is 48.5 Å². The topological polar surface area (TPSA) is 70.7 Å². The van der Waals surface area contributed by atoms with E-state index < -0.39 is 0 Å². The summed E-state index contributed by atoms with van der Waals surface area (Å²) in [5.74, 6) is 3.38. The van der Waals surface area contributed by atoms with Crippen molar-refractivity contribution in [2.24, 2.45) is 62.6 Å². The molecule has 5 aliphatic carbocycles. The number of esters is 1. The molecule has 0 radical (unpaired) electrons. The maximum absolute atomic E-state index is 15.5. The van der Waals surface area contributed by atoms with E-state index in [1.807, 2.05) is 18.3 Å². The number of fused-ring (bicyclic) bond motifs is 7. The number of hydrogen-bond acceptors (Lipinski definition) is 5. The second-order valence-electron chi connectivity index (χ2n) is 20.3. The van der Waals surface area contributed by atoms with Crippen LogP contribution in [0.25, 0.3) is 5.70 Å². The number of amides is 1. The average molecular weight is 716 g/mol. The van der Waals surface area contributed by atoms with Gasteiger partial charge in [-0.15, -0.1) is 0 Å². The lowest BCUT2D eigenvalue weighted by molar-refractivity contribution is -0.251. The fourth-order valence-corrected chi connectivity index (χ4v) is 15.3. The fourth-order valence-electron chi connectivity index (χ4n) is 15.3. The first-order chi connectivity index (χ1) is 24.6. The number of carbonyl (C=O) groups is 2. The molecule has 6 nitrogen and oxygen atoms in total. The first-order valence-electron chi connectivity index (χ1n) is 21.0. The number of halogens is 1. The van der Waals surface area contributed by atoms with Crippen molar-refractivity contribution in [3.63, 3.8) is 0 Å². The van der Waals surface area contributed by atoms with Crippen LogP contribution >= 0.6 is 0 Å². The molecule has 52 heavy (non-hydrogen) atoms. The largest absolute Gasteiger partial charge is 0.462 e. The van der Waals surface area contributed by atoms with Crippen molar-refractivity contribution in [1.29, 1.82) is 0 Å². The second kappa shape index (κ2) is 12.5. The summed E-state index contributed by atoms with van der Waals surface area (Å²) in [6, 6.07) is 6.75. The minimum Gasteiger partial charge on any atom is -0.462 e. The van der Waals surface area contributed by atoms with Gasteiger partial charge in [0.25, 0.3) is 0 Å². The molecule has 8 rings (SSSR count). The number of nitrogens with one attached hydrogen (secondary N) is 2. The highest BCUT2D eigenvalue weighted by molar-refractivity contribution is 5.84. The number of nitrogens with zero attached hydrogens (tertiary/aromatic N) is 1. The molecule has 7 heteroatoms. The number of carbonyl (C=O) groups excluding carboxylic acids is 2. The zero-order chi connectivity index (χ0) is 37.0. The zero-order valence-corrected chi connectivity index (χ0v) is 33.3. The summed E-state index contributed by atoms with van der Waals surface area (Å²) < 4.78 is 19.7. The summed E-state index contributed by atoms with van der Waals surface area (Å²) in [6.45, 7) is 20.0. The molecule has 0 spiro atoms. The summed E-state index contributed by atoms with van der Waals surface area (Å²) >= 11 is 0. The monoisotopic (exact) mass is 716 g/mol. The van der Waals surface area contributed by atoms with Gasteiger partial charge in [-0.25, -0.2) is 4.39 Å². The normalized spacial score (nSPS) is 44.8. The molecule has 6 fully saturated rings. The van der Waals surface area contributed by atoms with Crippen LogP contribution in [0.3, 0.4) is 0 Å².